The molecule has 1 aromatic rings. The zero-order chi connectivity index (χ0) is 22.1. The highest BCUT2D eigenvalue weighted by Crippen LogP contribution is 2.13. The molecule has 1 aromatic carbocycles. The van der Waals surface area contributed by atoms with Crippen molar-refractivity contribution in [3.63, 3.8) is 0 Å². The summed E-state index contributed by atoms with van der Waals surface area (Å²) >= 11 is 0. The first-order chi connectivity index (χ1) is 15.1. The number of guanidine groups is 1. The van der Waals surface area contributed by atoms with Crippen LogP contribution in [0.4, 0.5) is 5.69 Å². The summed E-state index contributed by atoms with van der Waals surface area (Å²) in [5.41, 5.74) is 1.25. The van der Waals surface area contributed by atoms with Crippen molar-refractivity contribution in [2.75, 3.05) is 59.4 Å². The van der Waals surface area contributed by atoms with E-state index >= 15 is 0 Å². The maximum atomic E-state index is 12.3. The number of piperazine rings is 1. The number of carbonyl (C=O) groups is 1. The maximum absolute atomic E-state index is 12.3. The van der Waals surface area contributed by atoms with Gasteiger partial charge in [0.2, 0.25) is 5.91 Å². The van der Waals surface area contributed by atoms with Crippen LogP contribution in [0.25, 0.3) is 0 Å². The summed E-state index contributed by atoms with van der Waals surface area (Å²) in [6.45, 7) is 6.70. The Balaban J connectivity index is 0.00000363. The number of nitro benzene ring substituents is 1. The quantitative estimate of drug-likeness (QED) is 0.132. The number of hydrogen-bond donors (Lipinski definition) is 1. The highest BCUT2D eigenvalue weighted by Gasteiger charge is 2.24. The SMILES string of the molecule is CN=C(NCCCCc1ccc([N+](=O)[O-])cc1)N1CCN(CC(=O)N2CCCC2)CC1.I. The topological polar surface area (TPSA) is 94.3 Å². The van der Waals surface area contributed by atoms with E-state index in [0.29, 0.717) is 6.54 Å². The van der Waals surface area contributed by atoms with Gasteiger partial charge in [-0.1, -0.05) is 12.1 Å². The molecule has 0 aromatic heterocycles. The number of unbranched alkanes of at least 4 members (excludes halogenated alkanes) is 1. The van der Waals surface area contributed by atoms with Crippen molar-refractivity contribution in [1.29, 1.82) is 0 Å². The van der Waals surface area contributed by atoms with Gasteiger partial charge in [-0.05, 0) is 37.7 Å². The molecule has 0 unspecified atom stereocenters. The van der Waals surface area contributed by atoms with Gasteiger partial charge < -0.3 is 15.1 Å². The van der Waals surface area contributed by atoms with E-state index < -0.39 is 0 Å². The normalized spacial score (nSPS) is 17.2. The second kappa shape index (κ2) is 13.6. The van der Waals surface area contributed by atoms with Crippen molar-refractivity contribution in [2.45, 2.75) is 32.1 Å². The van der Waals surface area contributed by atoms with Crippen molar-refractivity contribution < 1.29 is 9.72 Å². The first-order valence-corrected chi connectivity index (χ1v) is 11.3. The fourth-order valence-corrected chi connectivity index (χ4v) is 4.15. The third-order valence-corrected chi connectivity index (χ3v) is 6.02. The van der Waals surface area contributed by atoms with Gasteiger partial charge in [-0.15, -0.1) is 24.0 Å². The molecule has 0 saturated carbocycles. The Morgan fingerprint density at radius 1 is 1.03 bits per heavy atom. The van der Waals surface area contributed by atoms with Crippen LogP contribution in [0.3, 0.4) is 0 Å². The van der Waals surface area contributed by atoms with E-state index in [2.05, 4.69) is 20.1 Å². The third-order valence-electron chi connectivity index (χ3n) is 6.02. The molecule has 32 heavy (non-hydrogen) atoms. The lowest BCUT2D eigenvalue weighted by Gasteiger charge is -2.36. The average Bonchev–Trinajstić information content (AvgIpc) is 3.32. The third kappa shape index (κ3) is 7.88. The van der Waals surface area contributed by atoms with E-state index in [9.17, 15) is 14.9 Å². The molecule has 0 bridgehead atoms. The molecule has 9 nitrogen and oxygen atoms in total. The van der Waals surface area contributed by atoms with Crippen molar-refractivity contribution in [3.05, 3.63) is 39.9 Å². The van der Waals surface area contributed by atoms with Crippen LogP contribution in [-0.2, 0) is 11.2 Å². The van der Waals surface area contributed by atoms with Gasteiger partial charge in [0, 0.05) is 65.0 Å². The van der Waals surface area contributed by atoms with Gasteiger partial charge in [-0.3, -0.25) is 24.8 Å². The Kier molecular flexibility index (Phi) is 11.1. The molecule has 10 heteroatoms. The maximum Gasteiger partial charge on any atom is 0.269 e. The number of aliphatic imine (C=N–C) groups is 1. The summed E-state index contributed by atoms with van der Waals surface area (Å²) in [5, 5.41) is 14.2. The van der Waals surface area contributed by atoms with Crippen LogP contribution in [0.5, 0.6) is 0 Å². The molecule has 3 rings (SSSR count). The number of aryl methyl sites for hydroxylation is 1. The van der Waals surface area contributed by atoms with E-state index in [1.54, 1.807) is 12.1 Å². The predicted molar refractivity (Wildman–Crippen MR) is 137 cm³/mol. The van der Waals surface area contributed by atoms with Crippen LogP contribution in [-0.4, -0.2) is 90.9 Å². The molecular formula is C22H35IN6O3. The molecule has 2 aliphatic rings. The number of amides is 1. The molecule has 2 heterocycles. The number of likely N-dealkylation sites (tertiary alicyclic amines) is 1. The Morgan fingerprint density at radius 3 is 2.28 bits per heavy atom. The Labute approximate surface area is 207 Å². The van der Waals surface area contributed by atoms with Crippen LogP contribution in [0, 0.1) is 10.1 Å². The lowest BCUT2D eigenvalue weighted by molar-refractivity contribution is -0.384. The molecule has 2 fully saturated rings. The molecule has 2 aliphatic heterocycles. The monoisotopic (exact) mass is 558 g/mol. The van der Waals surface area contributed by atoms with Gasteiger partial charge in [0.05, 0.1) is 11.5 Å². The Bertz CT molecular complexity index is 759. The lowest BCUT2D eigenvalue weighted by Crippen LogP contribution is -2.54. The minimum Gasteiger partial charge on any atom is -0.356 e. The summed E-state index contributed by atoms with van der Waals surface area (Å²) in [6.07, 6.45) is 5.18. The highest BCUT2D eigenvalue weighted by molar-refractivity contribution is 14.0. The van der Waals surface area contributed by atoms with Gasteiger partial charge >= 0.3 is 0 Å². The van der Waals surface area contributed by atoms with Gasteiger partial charge in [-0.25, -0.2) is 0 Å². The second-order valence-corrected chi connectivity index (χ2v) is 8.21. The molecule has 0 aliphatic carbocycles. The van der Waals surface area contributed by atoms with Crippen LogP contribution in [0.15, 0.2) is 29.3 Å². The minimum absolute atomic E-state index is 0. The number of benzene rings is 1. The van der Waals surface area contributed by atoms with Gasteiger partial charge in [0.15, 0.2) is 5.96 Å². The molecule has 0 atom stereocenters. The number of rotatable bonds is 8. The van der Waals surface area contributed by atoms with E-state index in [1.807, 2.05) is 24.1 Å². The van der Waals surface area contributed by atoms with Gasteiger partial charge in [0.25, 0.3) is 5.69 Å². The van der Waals surface area contributed by atoms with E-state index in [4.69, 9.17) is 0 Å². The lowest BCUT2D eigenvalue weighted by atomic mass is 10.1. The summed E-state index contributed by atoms with van der Waals surface area (Å²) in [6, 6.07) is 6.79. The molecule has 0 spiro atoms. The van der Waals surface area contributed by atoms with Crippen molar-refractivity contribution in [3.8, 4) is 0 Å². The van der Waals surface area contributed by atoms with Crippen LogP contribution >= 0.6 is 24.0 Å². The van der Waals surface area contributed by atoms with Crippen LogP contribution in [0.2, 0.25) is 0 Å². The molecule has 1 amide bonds. The number of carbonyl (C=O) groups excluding carboxylic acids is 1. The van der Waals surface area contributed by atoms with Crippen molar-refractivity contribution >= 4 is 41.5 Å². The fourth-order valence-electron chi connectivity index (χ4n) is 4.15. The Hall–Kier alpha value is -1.95. The fraction of sp³-hybridized carbons (Fsp3) is 0.636. The summed E-state index contributed by atoms with van der Waals surface area (Å²) in [5.74, 6) is 1.18. The Morgan fingerprint density at radius 2 is 1.69 bits per heavy atom. The zero-order valence-corrected chi connectivity index (χ0v) is 21.2. The summed E-state index contributed by atoms with van der Waals surface area (Å²) in [7, 11) is 1.81. The minimum atomic E-state index is -0.370. The van der Waals surface area contributed by atoms with E-state index in [0.717, 1.165) is 89.4 Å². The molecule has 1 N–H and O–H groups in total. The standard InChI is InChI=1S/C22H34N6O3.HI/c1-23-22(24-11-3-2-6-19-7-9-20(10-8-19)28(30)31)27-16-14-25(15-17-27)18-21(29)26-12-4-5-13-26;/h7-10H,2-6,11-18H2,1H3,(H,23,24);1H. The number of nitro groups is 1. The van der Waals surface area contributed by atoms with Gasteiger partial charge in [-0.2, -0.15) is 0 Å². The second-order valence-electron chi connectivity index (χ2n) is 8.21. The smallest absolute Gasteiger partial charge is 0.269 e. The number of nitrogens with zero attached hydrogens (tertiary/aromatic N) is 5. The average molecular weight is 558 g/mol. The van der Waals surface area contributed by atoms with Gasteiger partial charge in [0.1, 0.15) is 0 Å². The van der Waals surface area contributed by atoms with E-state index in [1.165, 1.54) is 0 Å². The molecule has 2 saturated heterocycles. The zero-order valence-electron chi connectivity index (χ0n) is 18.9. The molecular weight excluding hydrogens is 523 g/mol. The van der Waals surface area contributed by atoms with E-state index in [-0.39, 0.29) is 40.5 Å². The highest BCUT2D eigenvalue weighted by atomic mass is 127. The van der Waals surface area contributed by atoms with Crippen LogP contribution in [0.1, 0.15) is 31.2 Å². The first-order valence-electron chi connectivity index (χ1n) is 11.3. The van der Waals surface area contributed by atoms with Crippen molar-refractivity contribution in [2.24, 2.45) is 4.99 Å². The largest absolute Gasteiger partial charge is 0.356 e. The number of non-ortho nitro benzene ring substituents is 1. The van der Waals surface area contributed by atoms with Crippen molar-refractivity contribution in [1.82, 2.24) is 20.0 Å². The number of hydrogen-bond acceptors (Lipinski definition) is 5. The number of nitrogens with one attached hydrogen (secondary N) is 1. The molecule has 0 radical (unpaired) electrons. The van der Waals surface area contributed by atoms with Crippen LogP contribution < -0.4 is 5.32 Å². The first kappa shape index (κ1) is 26.3. The number of halogens is 1. The predicted octanol–water partition coefficient (Wildman–Crippen LogP) is 2.35. The molecule has 178 valence electrons. The summed E-state index contributed by atoms with van der Waals surface area (Å²) < 4.78 is 0. The summed E-state index contributed by atoms with van der Waals surface area (Å²) in [4.78, 5) is 33.6.